The van der Waals surface area contributed by atoms with E-state index in [4.69, 9.17) is 19.2 Å². The second-order valence-electron chi connectivity index (χ2n) is 11.3. The topological polar surface area (TPSA) is 107 Å². The van der Waals surface area contributed by atoms with Crippen LogP contribution in [-0.2, 0) is 9.47 Å². The zero-order valence-corrected chi connectivity index (χ0v) is 26.9. The number of halogens is 1. The Morgan fingerprint density at radius 1 is 1.05 bits per heavy atom. The van der Waals surface area contributed by atoms with Crippen LogP contribution < -0.4 is 9.64 Å². The smallest absolute Gasteiger partial charge is 0.425 e. The molecule has 3 aromatic heterocycles. The van der Waals surface area contributed by atoms with E-state index in [-0.39, 0.29) is 11.4 Å². The van der Waals surface area contributed by atoms with Gasteiger partial charge in [0.05, 0.1) is 33.9 Å². The van der Waals surface area contributed by atoms with Crippen LogP contribution in [0.15, 0.2) is 23.6 Å². The summed E-state index contributed by atoms with van der Waals surface area (Å²) in [4.78, 5) is 33.2. The normalized spacial score (nSPS) is 11.9. The Labute approximate surface area is 250 Å². The van der Waals surface area contributed by atoms with Crippen molar-refractivity contribution < 1.29 is 23.8 Å². The van der Waals surface area contributed by atoms with Crippen LogP contribution in [-0.4, -0.2) is 40.0 Å². The number of carbonyl (C=O) groups is 2. The lowest BCUT2D eigenvalue weighted by Crippen LogP contribution is -2.45. The molecule has 0 fully saturated rings. The van der Waals surface area contributed by atoms with Crippen molar-refractivity contribution >= 4 is 73.1 Å². The number of ether oxygens (including phenoxy) is 3. The van der Waals surface area contributed by atoms with Gasteiger partial charge in [0.1, 0.15) is 32.3 Å². The van der Waals surface area contributed by atoms with E-state index in [0.717, 1.165) is 26.2 Å². The summed E-state index contributed by atoms with van der Waals surface area (Å²) in [6.07, 6.45) is -1.93. The summed E-state index contributed by atoms with van der Waals surface area (Å²) >= 11 is 3.55. The van der Waals surface area contributed by atoms with Crippen LogP contribution in [0.4, 0.5) is 15.4 Å². The summed E-state index contributed by atoms with van der Waals surface area (Å²) in [5.74, 6) is 0.625. The second-order valence-corrected chi connectivity index (χ2v) is 13.2. The molecule has 0 unspecified atom stereocenters. The highest BCUT2D eigenvalue weighted by Crippen LogP contribution is 2.44. The van der Waals surface area contributed by atoms with Gasteiger partial charge in [-0.2, -0.15) is 10.2 Å². The number of fused-ring (bicyclic) bond motifs is 3. The molecule has 0 aliphatic heterocycles. The molecule has 4 rings (SSSR count). The van der Waals surface area contributed by atoms with Crippen molar-refractivity contribution in [3.63, 3.8) is 0 Å². The molecule has 210 valence electrons. The van der Waals surface area contributed by atoms with Crippen molar-refractivity contribution in [2.75, 3.05) is 12.0 Å². The number of anilines is 1. The lowest BCUT2D eigenvalue weighted by atomic mass is 10.1. The Kier molecular flexibility index (Phi) is 7.81. The maximum Gasteiger partial charge on any atom is 0.425 e. The van der Waals surface area contributed by atoms with Gasteiger partial charge >= 0.3 is 12.2 Å². The molecule has 0 aliphatic carbocycles. The van der Waals surface area contributed by atoms with Crippen LogP contribution in [0.1, 0.15) is 58.2 Å². The lowest BCUT2D eigenvalue weighted by molar-refractivity contribution is 0.0428. The van der Waals surface area contributed by atoms with Crippen LogP contribution in [0, 0.1) is 28.9 Å². The number of pyridine rings is 1. The molecule has 2 amide bonds. The van der Waals surface area contributed by atoms with Crippen LogP contribution in [0.2, 0.25) is 0 Å². The molecular weight excluding hydrogens is 643 g/mol. The molecule has 0 aliphatic rings. The van der Waals surface area contributed by atoms with E-state index in [1.165, 1.54) is 11.3 Å². The highest BCUT2D eigenvalue weighted by molar-refractivity contribution is 14.1. The summed E-state index contributed by atoms with van der Waals surface area (Å²) in [6, 6.07) is 7.91. The van der Waals surface area contributed by atoms with Gasteiger partial charge < -0.3 is 14.2 Å². The first-order valence-electron chi connectivity index (χ1n) is 12.5. The van der Waals surface area contributed by atoms with Crippen molar-refractivity contribution in [3.05, 3.63) is 44.0 Å². The molecule has 9 nitrogen and oxygen atoms in total. The number of amides is 2. The fourth-order valence-electron chi connectivity index (χ4n) is 4.49. The Hall–Kier alpha value is -3.37. The van der Waals surface area contributed by atoms with Crippen molar-refractivity contribution in [2.45, 2.75) is 66.6 Å². The Morgan fingerprint density at radius 2 is 1.65 bits per heavy atom. The van der Waals surface area contributed by atoms with Gasteiger partial charge in [-0.3, -0.25) is 4.57 Å². The van der Waals surface area contributed by atoms with E-state index >= 15 is 0 Å². The SMILES string of the molecule is COc1ccc(C)c(-n2c(N(C(=O)OC(C)(C)C)C(=O)OC(C)(C)C)c(C#N)c3c(I)nc4ccsc4c32)c1C. The quantitative estimate of drug-likeness (QED) is 0.160. The highest BCUT2D eigenvalue weighted by Gasteiger charge is 2.39. The third-order valence-electron chi connectivity index (χ3n) is 5.93. The molecule has 1 aromatic carbocycles. The number of methoxy groups -OCH3 is 1. The number of hydrogen-bond donors (Lipinski definition) is 0. The number of hydrogen-bond acceptors (Lipinski definition) is 8. The van der Waals surface area contributed by atoms with Gasteiger partial charge in [0.25, 0.3) is 0 Å². The number of thiophene rings is 1. The van der Waals surface area contributed by atoms with Crippen LogP contribution >= 0.6 is 33.9 Å². The Bertz CT molecular complexity index is 1670. The van der Waals surface area contributed by atoms with E-state index < -0.39 is 23.4 Å². The molecular formula is C29H31IN4O5S. The molecule has 0 saturated carbocycles. The average molecular weight is 675 g/mol. The minimum absolute atomic E-state index is 0.0149. The Balaban J connectivity index is 2.27. The van der Waals surface area contributed by atoms with Gasteiger partial charge in [0, 0.05) is 5.56 Å². The molecule has 4 aromatic rings. The van der Waals surface area contributed by atoms with E-state index in [9.17, 15) is 14.9 Å². The fraction of sp³-hybridized carbons (Fsp3) is 0.379. The summed E-state index contributed by atoms with van der Waals surface area (Å²) in [7, 11) is 1.58. The molecule has 40 heavy (non-hydrogen) atoms. The number of imide groups is 1. The highest BCUT2D eigenvalue weighted by atomic mass is 127. The summed E-state index contributed by atoms with van der Waals surface area (Å²) in [5, 5.41) is 13.0. The molecule has 0 saturated heterocycles. The number of nitriles is 1. The van der Waals surface area contributed by atoms with Crippen LogP contribution in [0.3, 0.4) is 0 Å². The number of aromatic nitrogens is 2. The average Bonchev–Trinajstić information content (AvgIpc) is 3.40. The standard InChI is InChI=1S/C29H31IN4O5S/c1-15-10-11-19(37-9)16(2)21(15)33-22-20(24(30)32-18-12-13-40-23(18)22)17(14-31)25(33)34(26(35)38-28(3,4)5)27(36)39-29(6,7)8/h10-13H,1-9H3. The van der Waals surface area contributed by atoms with Gasteiger partial charge in [-0.25, -0.2) is 14.6 Å². The van der Waals surface area contributed by atoms with E-state index in [2.05, 4.69) is 28.7 Å². The predicted octanol–water partition coefficient (Wildman–Crippen LogP) is 8.02. The minimum atomic E-state index is -0.967. The first-order valence-corrected chi connectivity index (χ1v) is 14.5. The van der Waals surface area contributed by atoms with E-state index in [1.54, 1.807) is 53.2 Å². The zero-order valence-electron chi connectivity index (χ0n) is 23.9. The minimum Gasteiger partial charge on any atom is -0.496 e. The third-order valence-corrected chi connectivity index (χ3v) is 7.62. The largest absolute Gasteiger partial charge is 0.496 e. The van der Waals surface area contributed by atoms with Crippen LogP contribution in [0.5, 0.6) is 5.75 Å². The summed E-state index contributed by atoms with van der Waals surface area (Å²) < 4.78 is 20.2. The lowest BCUT2D eigenvalue weighted by Gasteiger charge is -2.30. The van der Waals surface area contributed by atoms with Crippen molar-refractivity contribution in [3.8, 4) is 17.5 Å². The van der Waals surface area contributed by atoms with Gasteiger partial charge in [-0.15, -0.1) is 11.3 Å². The monoisotopic (exact) mass is 674 g/mol. The van der Waals surface area contributed by atoms with Crippen LogP contribution in [0.25, 0.3) is 26.8 Å². The molecule has 3 heterocycles. The van der Waals surface area contributed by atoms with E-state index in [1.807, 2.05) is 37.4 Å². The second kappa shape index (κ2) is 10.6. The molecule has 11 heteroatoms. The number of benzene rings is 1. The zero-order chi connectivity index (χ0) is 29.7. The maximum atomic E-state index is 13.8. The van der Waals surface area contributed by atoms with Gasteiger partial charge in [-0.1, -0.05) is 6.07 Å². The Morgan fingerprint density at radius 3 is 2.17 bits per heavy atom. The number of rotatable bonds is 3. The first kappa shape index (κ1) is 29.6. The third kappa shape index (κ3) is 5.34. The van der Waals surface area contributed by atoms with Crippen molar-refractivity contribution in [1.82, 2.24) is 9.55 Å². The van der Waals surface area contributed by atoms with Crippen molar-refractivity contribution in [1.29, 1.82) is 5.26 Å². The number of carbonyl (C=O) groups excluding carboxylic acids is 2. The fourth-order valence-corrected chi connectivity index (χ4v) is 6.14. The van der Waals surface area contributed by atoms with Crippen molar-refractivity contribution in [2.24, 2.45) is 0 Å². The first-order chi connectivity index (χ1) is 18.6. The molecule has 0 atom stereocenters. The summed E-state index contributed by atoms with van der Waals surface area (Å²) in [5.41, 5.74) is 1.87. The number of nitrogens with zero attached hydrogens (tertiary/aromatic N) is 4. The van der Waals surface area contributed by atoms with Gasteiger partial charge in [0.2, 0.25) is 0 Å². The maximum absolute atomic E-state index is 13.8. The predicted molar refractivity (Wildman–Crippen MR) is 165 cm³/mol. The molecule has 0 bridgehead atoms. The molecule has 0 spiro atoms. The number of aryl methyl sites for hydroxylation is 1. The molecule has 0 radical (unpaired) electrons. The summed E-state index contributed by atoms with van der Waals surface area (Å²) in [6.45, 7) is 14.1. The van der Waals surface area contributed by atoms with Gasteiger partial charge in [-0.05, 0) is 101 Å². The van der Waals surface area contributed by atoms with Gasteiger partial charge in [0.15, 0.2) is 5.82 Å². The van der Waals surface area contributed by atoms with E-state index in [0.29, 0.717) is 26.0 Å². The molecule has 0 N–H and O–H groups in total.